The molecule has 0 radical (unpaired) electrons. The summed E-state index contributed by atoms with van der Waals surface area (Å²) in [5, 5.41) is 7.26. The zero-order valence-corrected chi connectivity index (χ0v) is 17.7. The minimum Gasteiger partial charge on any atom is -0.483 e. The molecule has 1 fully saturated rings. The first-order valence-corrected chi connectivity index (χ1v) is 10.5. The maximum absolute atomic E-state index is 12.4. The minimum absolute atomic E-state index is 0.0182. The highest BCUT2D eigenvalue weighted by Crippen LogP contribution is 2.44. The van der Waals surface area contributed by atoms with Crippen LogP contribution in [0, 0.1) is 0 Å². The number of hydrogen-bond acceptors (Lipinski definition) is 5. The van der Waals surface area contributed by atoms with E-state index < -0.39 is 6.09 Å². The fourth-order valence-corrected chi connectivity index (χ4v) is 3.98. The highest BCUT2D eigenvalue weighted by molar-refractivity contribution is 5.92. The number of likely N-dealkylation sites (N-methyl/N-ethyl adjacent to an activating group) is 1. The Kier molecular flexibility index (Phi) is 5.65. The number of nitrogens with zero attached hydrogens (tertiary/aromatic N) is 3. The van der Waals surface area contributed by atoms with Gasteiger partial charge in [-0.3, -0.25) is 14.4 Å². The van der Waals surface area contributed by atoms with Crippen molar-refractivity contribution in [3.63, 3.8) is 0 Å². The number of nitrogens with one attached hydrogen (secondary N) is 1. The Morgan fingerprint density at radius 2 is 2.07 bits per heavy atom. The number of anilines is 1. The third kappa shape index (κ3) is 3.86. The van der Waals surface area contributed by atoms with Gasteiger partial charge in [-0.05, 0) is 51.7 Å². The average molecular weight is 412 g/mol. The molecule has 8 heteroatoms. The molecular formula is C22H28N4O4. The van der Waals surface area contributed by atoms with Gasteiger partial charge in [-0.1, -0.05) is 0 Å². The van der Waals surface area contributed by atoms with Crippen LogP contribution in [0.15, 0.2) is 24.5 Å². The maximum Gasteiger partial charge on any atom is 0.414 e. The molecule has 0 spiro atoms. The number of methoxy groups -OCH3 is 1. The molecule has 2 aliphatic rings. The number of carbonyl (C=O) groups is 2. The fourth-order valence-electron chi connectivity index (χ4n) is 3.98. The van der Waals surface area contributed by atoms with E-state index in [9.17, 15) is 9.59 Å². The molecule has 1 aliphatic carbocycles. The predicted molar refractivity (Wildman–Crippen MR) is 113 cm³/mol. The molecule has 2 amide bonds. The van der Waals surface area contributed by atoms with Gasteiger partial charge in [-0.2, -0.15) is 5.10 Å². The Morgan fingerprint density at radius 3 is 2.77 bits per heavy atom. The Bertz CT molecular complexity index is 951. The van der Waals surface area contributed by atoms with Crippen molar-refractivity contribution in [1.29, 1.82) is 0 Å². The van der Waals surface area contributed by atoms with Crippen molar-refractivity contribution in [1.82, 2.24) is 15.1 Å². The summed E-state index contributed by atoms with van der Waals surface area (Å²) in [6.45, 7) is 4.34. The van der Waals surface area contributed by atoms with Gasteiger partial charge in [-0.15, -0.1) is 0 Å². The lowest BCUT2D eigenvalue weighted by Crippen LogP contribution is -2.42. The second-order valence-corrected chi connectivity index (χ2v) is 7.85. The summed E-state index contributed by atoms with van der Waals surface area (Å²) < 4.78 is 13.1. The molecule has 0 saturated heterocycles. The molecule has 1 N–H and O–H groups in total. The van der Waals surface area contributed by atoms with Gasteiger partial charge in [-0.25, -0.2) is 4.79 Å². The van der Waals surface area contributed by atoms with E-state index in [1.54, 1.807) is 4.90 Å². The quantitative estimate of drug-likeness (QED) is 0.787. The number of rotatable bonds is 6. The average Bonchev–Trinajstić information content (AvgIpc) is 3.48. The van der Waals surface area contributed by atoms with Gasteiger partial charge in [0.25, 0.3) is 5.91 Å². The van der Waals surface area contributed by atoms with E-state index in [-0.39, 0.29) is 18.6 Å². The van der Waals surface area contributed by atoms with Crippen LogP contribution in [0.1, 0.15) is 44.7 Å². The van der Waals surface area contributed by atoms with Crippen molar-refractivity contribution in [2.24, 2.45) is 0 Å². The molecule has 1 atom stereocenters. The molecule has 1 unspecified atom stereocenters. The normalized spacial score (nSPS) is 18.0. The summed E-state index contributed by atoms with van der Waals surface area (Å²) in [4.78, 5) is 26.2. The first-order chi connectivity index (χ1) is 14.5. The Labute approximate surface area is 176 Å². The third-order valence-electron chi connectivity index (χ3n) is 5.67. The van der Waals surface area contributed by atoms with Crippen LogP contribution in [0.5, 0.6) is 5.75 Å². The van der Waals surface area contributed by atoms with Crippen LogP contribution in [0.25, 0.3) is 11.1 Å². The largest absolute Gasteiger partial charge is 0.483 e. The van der Waals surface area contributed by atoms with Gasteiger partial charge in [0.2, 0.25) is 0 Å². The first-order valence-electron chi connectivity index (χ1n) is 10.5. The van der Waals surface area contributed by atoms with E-state index in [1.165, 1.54) is 7.11 Å². The molecule has 2 heterocycles. The van der Waals surface area contributed by atoms with Crippen LogP contribution in [0.4, 0.5) is 10.5 Å². The van der Waals surface area contributed by atoms with Crippen molar-refractivity contribution >= 4 is 17.7 Å². The molecule has 1 aromatic heterocycles. The zero-order chi connectivity index (χ0) is 21.3. The summed E-state index contributed by atoms with van der Waals surface area (Å²) in [6, 6.07) is 4.37. The molecule has 160 valence electrons. The smallest absolute Gasteiger partial charge is 0.414 e. The molecule has 30 heavy (non-hydrogen) atoms. The lowest BCUT2D eigenvalue weighted by molar-refractivity contribution is -0.122. The standard InChI is InChI=1S/C22H28N4O4/c1-4-23-20(27)13-30-21-17(15-11-24-25(12-15)16-6-7-16)9-10-19-18(21)8-5-14(2)26(19)22(28)29-3/h9-12,14,16H,4-8,13H2,1-3H3,(H,23,27). The number of aromatic nitrogens is 2. The van der Waals surface area contributed by atoms with Crippen molar-refractivity contribution in [3.05, 3.63) is 30.1 Å². The first kappa shape index (κ1) is 20.3. The van der Waals surface area contributed by atoms with E-state index in [0.717, 1.165) is 48.1 Å². The molecule has 1 aliphatic heterocycles. The molecule has 0 bridgehead atoms. The lowest BCUT2D eigenvalue weighted by atomic mass is 9.92. The third-order valence-corrected chi connectivity index (χ3v) is 5.67. The van der Waals surface area contributed by atoms with E-state index in [2.05, 4.69) is 10.4 Å². The molecule has 1 saturated carbocycles. The second kappa shape index (κ2) is 8.38. The number of hydrogen-bond donors (Lipinski definition) is 1. The van der Waals surface area contributed by atoms with Crippen LogP contribution in [-0.4, -0.2) is 48.1 Å². The summed E-state index contributed by atoms with van der Waals surface area (Å²) in [5.41, 5.74) is 3.51. The monoisotopic (exact) mass is 412 g/mol. The highest BCUT2D eigenvalue weighted by atomic mass is 16.5. The summed E-state index contributed by atoms with van der Waals surface area (Å²) in [5.74, 6) is 0.457. The van der Waals surface area contributed by atoms with E-state index in [0.29, 0.717) is 18.3 Å². The fraction of sp³-hybridized carbons (Fsp3) is 0.500. The van der Waals surface area contributed by atoms with Crippen molar-refractivity contribution in [3.8, 4) is 16.9 Å². The van der Waals surface area contributed by atoms with Gasteiger partial charge in [0.05, 0.1) is 25.0 Å². The molecule has 8 nitrogen and oxygen atoms in total. The Morgan fingerprint density at radius 1 is 1.27 bits per heavy atom. The Hall–Kier alpha value is -3.03. The van der Waals surface area contributed by atoms with Crippen molar-refractivity contribution in [2.45, 2.75) is 51.6 Å². The van der Waals surface area contributed by atoms with Crippen LogP contribution < -0.4 is 15.0 Å². The van der Waals surface area contributed by atoms with Crippen LogP contribution >= 0.6 is 0 Å². The van der Waals surface area contributed by atoms with E-state index >= 15 is 0 Å². The SMILES string of the molecule is CCNC(=O)COc1c(-c2cnn(C3CC3)c2)ccc2c1CCC(C)N2C(=O)OC. The topological polar surface area (TPSA) is 85.7 Å². The van der Waals surface area contributed by atoms with E-state index in [1.807, 2.05) is 43.1 Å². The molecule has 4 rings (SSSR count). The second-order valence-electron chi connectivity index (χ2n) is 7.85. The van der Waals surface area contributed by atoms with Gasteiger partial charge in [0.15, 0.2) is 6.61 Å². The van der Waals surface area contributed by atoms with Crippen molar-refractivity contribution < 1.29 is 19.1 Å². The summed E-state index contributed by atoms with van der Waals surface area (Å²) in [7, 11) is 1.39. The van der Waals surface area contributed by atoms with Gasteiger partial charge in [0, 0.05) is 35.5 Å². The number of ether oxygens (including phenoxy) is 2. The number of carbonyl (C=O) groups excluding carboxylic acids is 2. The van der Waals surface area contributed by atoms with Gasteiger partial charge >= 0.3 is 6.09 Å². The van der Waals surface area contributed by atoms with E-state index in [4.69, 9.17) is 9.47 Å². The number of benzene rings is 1. The highest BCUT2D eigenvalue weighted by Gasteiger charge is 2.32. The van der Waals surface area contributed by atoms with Crippen LogP contribution in [-0.2, 0) is 16.0 Å². The summed E-state index contributed by atoms with van der Waals surface area (Å²) in [6.07, 6.45) is 7.30. The number of amides is 2. The van der Waals surface area contributed by atoms with Gasteiger partial charge in [0.1, 0.15) is 5.75 Å². The number of fused-ring (bicyclic) bond motifs is 1. The summed E-state index contributed by atoms with van der Waals surface area (Å²) >= 11 is 0. The Balaban J connectivity index is 1.75. The van der Waals surface area contributed by atoms with Crippen LogP contribution in [0.3, 0.4) is 0 Å². The van der Waals surface area contributed by atoms with Crippen molar-refractivity contribution in [2.75, 3.05) is 25.2 Å². The lowest BCUT2D eigenvalue weighted by Gasteiger charge is -2.35. The molecular weight excluding hydrogens is 384 g/mol. The molecule has 2 aromatic rings. The minimum atomic E-state index is -0.396. The predicted octanol–water partition coefficient (Wildman–Crippen LogP) is 3.31. The molecule has 1 aromatic carbocycles. The van der Waals surface area contributed by atoms with Crippen LogP contribution in [0.2, 0.25) is 0 Å². The van der Waals surface area contributed by atoms with Gasteiger partial charge < -0.3 is 14.8 Å². The zero-order valence-electron chi connectivity index (χ0n) is 17.7. The maximum atomic E-state index is 12.4.